The van der Waals surface area contributed by atoms with Crippen LogP contribution in [0.25, 0.3) is 0 Å². The quantitative estimate of drug-likeness (QED) is 0.676. The van der Waals surface area contributed by atoms with Gasteiger partial charge in [-0.3, -0.25) is 0 Å². The van der Waals surface area contributed by atoms with Crippen LogP contribution in [0.3, 0.4) is 0 Å². The first-order valence-electron chi connectivity index (χ1n) is 3.74. The van der Waals surface area contributed by atoms with Gasteiger partial charge in [-0.25, -0.2) is 0 Å². The minimum Gasteiger partial charge on any atom is -0.371 e. The highest BCUT2D eigenvalue weighted by molar-refractivity contribution is 6.33. The van der Waals surface area contributed by atoms with Gasteiger partial charge < -0.3 is 10.8 Å². The van der Waals surface area contributed by atoms with Gasteiger partial charge in [0.05, 0.1) is 0 Å². The molecule has 0 spiro atoms. The van der Waals surface area contributed by atoms with Crippen LogP contribution in [0.5, 0.6) is 0 Å². The average molecular weight is 208 g/mol. The Morgan fingerprint density at radius 1 is 1.67 bits per heavy atom. The normalized spacial score (nSPS) is 35.0. The third-order valence-electron chi connectivity index (χ3n) is 1.83. The van der Waals surface area contributed by atoms with Crippen LogP contribution in [-0.4, -0.2) is 16.7 Å². The Balaban J connectivity index is 2.74. The van der Waals surface area contributed by atoms with Crippen LogP contribution in [-0.2, 0) is 0 Å². The number of hydrogen-bond donors (Lipinski definition) is 2. The van der Waals surface area contributed by atoms with Crippen molar-refractivity contribution >= 4 is 23.2 Å². The van der Waals surface area contributed by atoms with Crippen LogP contribution >= 0.6 is 23.2 Å². The largest absolute Gasteiger partial charge is 0.371 e. The second kappa shape index (κ2) is 3.79. The summed E-state index contributed by atoms with van der Waals surface area (Å²) in [6.45, 7) is 0.496. The zero-order valence-electron chi connectivity index (χ0n) is 6.50. The number of allylic oxidation sites excluding steroid dienone is 2. The van der Waals surface area contributed by atoms with E-state index in [1.807, 2.05) is 0 Å². The SMILES string of the molecule is NCCC1C=CC(Cl)=CC1(O)Cl. The minimum atomic E-state index is -1.37. The van der Waals surface area contributed by atoms with E-state index in [-0.39, 0.29) is 5.92 Å². The molecular weight excluding hydrogens is 197 g/mol. The zero-order chi connectivity index (χ0) is 9.19. The van der Waals surface area contributed by atoms with E-state index in [4.69, 9.17) is 28.9 Å². The summed E-state index contributed by atoms with van der Waals surface area (Å²) in [5.74, 6) is -0.147. The van der Waals surface area contributed by atoms with Crippen molar-refractivity contribution in [3.8, 4) is 0 Å². The first-order chi connectivity index (χ1) is 5.56. The molecule has 0 saturated heterocycles. The molecule has 1 rings (SSSR count). The van der Waals surface area contributed by atoms with Crippen molar-refractivity contribution in [2.24, 2.45) is 11.7 Å². The topological polar surface area (TPSA) is 46.2 Å². The summed E-state index contributed by atoms with van der Waals surface area (Å²) in [4.78, 5) is 0. The van der Waals surface area contributed by atoms with Crippen molar-refractivity contribution in [3.63, 3.8) is 0 Å². The Morgan fingerprint density at radius 2 is 2.33 bits per heavy atom. The molecule has 0 heterocycles. The van der Waals surface area contributed by atoms with Crippen LogP contribution in [0, 0.1) is 5.92 Å². The van der Waals surface area contributed by atoms with Gasteiger partial charge in [0.15, 0.2) is 5.06 Å². The van der Waals surface area contributed by atoms with Crippen LogP contribution in [0.1, 0.15) is 6.42 Å². The van der Waals surface area contributed by atoms with E-state index in [1.165, 1.54) is 6.08 Å². The molecule has 3 N–H and O–H groups in total. The molecule has 0 aliphatic heterocycles. The average Bonchev–Trinajstić information content (AvgIpc) is 1.94. The second-order valence-corrected chi connectivity index (χ2v) is 3.84. The molecule has 68 valence electrons. The number of halogens is 2. The fourth-order valence-electron chi connectivity index (χ4n) is 1.17. The molecule has 0 fully saturated rings. The van der Waals surface area contributed by atoms with Crippen molar-refractivity contribution in [1.82, 2.24) is 0 Å². The molecule has 0 saturated carbocycles. The van der Waals surface area contributed by atoms with Crippen molar-refractivity contribution in [2.75, 3.05) is 6.54 Å². The second-order valence-electron chi connectivity index (χ2n) is 2.80. The van der Waals surface area contributed by atoms with Gasteiger partial charge in [-0.2, -0.15) is 0 Å². The highest BCUT2D eigenvalue weighted by atomic mass is 35.5. The van der Waals surface area contributed by atoms with E-state index in [0.29, 0.717) is 18.0 Å². The van der Waals surface area contributed by atoms with Crippen LogP contribution in [0.2, 0.25) is 0 Å². The van der Waals surface area contributed by atoms with Gasteiger partial charge in [-0.05, 0) is 25.1 Å². The summed E-state index contributed by atoms with van der Waals surface area (Å²) in [6, 6.07) is 0. The molecule has 12 heavy (non-hydrogen) atoms. The molecular formula is C8H11Cl2NO. The molecule has 0 aromatic carbocycles. The molecule has 0 aromatic rings. The third-order valence-corrected chi connectivity index (χ3v) is 2.45. The van der Waals surface area contributed by atoms with Crippen molar-refractivity contribution < 1.29 is 5.11 Å². The zero-order valence-corrected chi connectivity index (χ0v) is 8.02. The number of alkyl halides is 1. The van der Waals surface area contributed by atoms with Crippen molar-refractivity contribution in [2.45, 2.75) is 11.5 Å². The summed E-state index contributed by atoms with van der Waals surface area (Å²) in [5.41, 5.74) is 5.36. The summed E-state index contributed by atoms with van der Waals surface area (Å²) < 4.78 is 0. The van der Waals surface area contributed by atoms with Gasteiger partial charge in [-0.15, -0.1) is 0 Å². The fraction of sp³-hybridized carbons (Fsp3) is 0.500. The van der Waals surface area contributed by atoms with Gasteiger partial charge in [0.2, 0.25) is 0 Å². The Kier molecular flexibility index (Phi) is 3.18. The standard InChI is InChI=1S/C8H11Cl2NO/c9-7-2-1-6(3-4-11)8(10,12)5-7/h1-2,5-6,12H,3-4,11H2. The minimum absolute atomic E-state index is 0.147. The van der Waals surface area contributed by atoms with Crippen molar-refractivity contribution in [3.05, 3.63) is 23.3 Å². The van der Waals surface area contributed by atoms with Crippen LogP contribution in [0.15, 0.2) is 23.3 Å². The Labute approximate surface area is 81.6 Å². The molecule has 4 heteroatoms. The third kappa shape index (κ3) is 2.23. The maximum Gasteiger partial charge on any atom is 0.165 e. The molecule has 2 nitrogen and oxygen atoms in total. The van der Waals surface area contributed by atoms with Gasteiger partial charge in [0, 0.05) is 11.0 Å². The van der Waals surface area contributed by atoms with E-state index in [0.717, 1.165) is 0 Å². The maximum absolute atomic E-state index is 9.63. The van der Waals surface area contributed by atoms with Crippen molar-refractivity contribution in [1.29, 1.82) is 0 Å². The lowest BCUT2D eigenvalue weighted by atomic mass is 9.94. The summed E-state index contributed by atoms with van der Waals surface area (Å²) in [5, 5.41) is 8.72. The molecule has 0 bridgehead atoms. The highest BCUT2D eigenvalue weighted by Crippen LogP contribution is 2.33. The first-order valence-corrected chi connectivity index (χ1v) is 4.50. The predicted molar refractivity (Wildman–Crippen MR) is 51.0 cm³/mol. The predicted octanol–water partition coefficient (Wildman–Crippen LogP) is 1.57. The molecule has 2 atom stereocenters. The monoisotopic (exact) mass is 207 g/mol. The maximum atomic E-state index is 9.63. The molecule has 0 radical (unpaired) electrons. The molecule has 2 unspecified atom stereocenters. The van der Waals surface area contributed by atoms with Crippen LogP contribution < -0.4 is 5.73 Å². The molecule has 0 amide bonds. The van der Waals surface area contributed by atoms with E-state index >= 15 is 0 Å². The van der Waals surface area contributed by atoms with Gasteiger partial charge in [0.25, 0.3) is 0 Å². The number of nitrogens with two attached hydrogens (primary N) is 1. The highest BCUT2D eigenvalue weighted by Gasteiger charge is 2.32. The molecule has 1 aliphatic carbocycles. The fourth-order valence-corrected chi connectivity index (χ4v) is 1.76. The van der Waals surface area contributed by atoms with E-state index in [2.05, 4.69) is 0 Å². The van der Waals surface area contributed by atoms with Gasteiger partial charge in [0.1, 0.15) is 0 Å². The Morgan fingerprint density at radius 3 is 2.83 bits per heavy atom. The Hall–Kier alpha value is -0.0200. The molecule has 1 aliphatic rings. The number of rotatable bonds is 2. The summed E-state index contributed by atoms with van der Waals surface area (Å²) in [7, 11) is 0. The van der Waals surface area contributed by atoms with Crippen LogP contribution in [0.4, 0.5) is 0 Å². The lowest BCUT2D eigenvalue weighted by molar-refractivity contribution is 0.127. The van der Waals surface area contributed by atoms with Gasteiger partial charge >= 0.3 is 0 Å². The number of hydrogen-bond acceptors (Lipinski definition) is 2. The van der Waals surface area contributed by atoms with E-state index in [1.54, 1.807) is 12.2 Å². The summed E-state index contributed by atoms with van der Waals surface area (Å²) >= 11 is 11.5. The lowest BCUT2D eigenvalue weighted by Crippen LogP contribution is -2.31. The first kappa shape index (κ1) is 10.1. The Bertz CT molecular complexity index is 223. The smallest absolute Gasteiger partial charge is 0.165 e. The van der Waals surface area contributed by atoms with E-state index in [9.17, 15) is 5.11 Å². The van der Waals surface area contributed by atoms with E-state index < -0.39 is 5.06 Å². The number of aliphatic hydroxyl groups is 1. The lowest BCUT2D eigenvalue weighted by Gasteiger charge is -2.27. The van der Waals surface area contributed by atoms with Gasteiger partial charge in [-0.1, -0.05) is 29.3 Å². The molecule has 0 aromatic heterocycles. The summed E-state index contributed by atoms with van der Waals surface area (Å²) in [6.07, 6.45) is 5.58.